The van der Waals surface area contributed by atoms with Gasteiger partial charge in [0.05, 0.1) is 17.5 Å². The molecule has 2 rings (SSSR count). The summed E-state index contributed by atoms with van der Waals surface area (Å²) in [4.78, 5) is 18.8. The first kappa shape index (κ1) is 17.3. The molecule has 0 bridgehead atoms. The van der Waals surface area contributed by atoms with E-state index in [2.05, 4.69) is 11.6 Å². The Hall–Kier alpha value is -2.02. The van der Waals surface area contributed by atoms with E-state index in [1.807, 2.05) is 24.3 Å². The van der Waals surface area contributed by atoms with Gasteiger partial charge in [-0.1, -0.05) is 18.7 Å². The highest BCUT2D eigenvalue weighted by molar-refractivity contribution is 7.11. The highest BCUT2D eigenvalue weighted by Gasteiger charge is 2.16. The molecule has 0 aliphatic rings. The van der Waals surface area contributed by atoms with E-state index >= 15 is 0 Å². The molecule has 1 atom stereocenters. The van der Waals surface area contributed by atoms with Gasteiger partial charge >= 0.3 is 0 Å². The number of hydrogen-bond donors (Lipinski definition) is 2. The van der Waals surface area contributed by atoms with Crippen LogP contribution < -0.4 is 4.90 Å². The Morgan fingerprint density at radius 1 is 1.43 bits per heavy atom. The van der Waals surface area contributed by atoms with E-state index in [1.54, 1.807) is 18.0 Å². The third kappa shape index (κ3) is 4.48. The molecule has 0 saturated heterocycles. The van der Waals surface area contributed by atoms with Crippen LogP contribution in [0.3, 0.4) is 0 Å². The molecule has 1 heterocycles. The van der Waals surface area contributed by atoms with Gasteiger partial charge in [-0.05, 0) is 37.1 Å². The van der Waals surface area contributed by atoms with Gasteiger partial charge in [0.15, 0.2) is 0 Å². The second kappa shape index (κ2) is 8.01. The van der Waals surface area contributed by atoms with Crippen molar-refractivity contribution < 1.29 is 15.0 Å². The number of aliphatic hydroxyl groups is 2. The first-order valence-electron chi connectivity index (χ1n) is 7.31. The summed E-state index contributed by atoms with van der Waals surface area (Å²) in [5.74, 6) is -0.214. The normalized spacial score (nSPS) is 12.0. The van der Waals surface area contributed by atoms with Crippen LogP contribution in [0.5, 0.6) is 0 Å². The monoisotopic (exact) mass is 332 g/mol. The van der Waals surface area contributed by atoms with E-state index in [1.165, 1.54) is 17.4 Å². The Labute approximate surface area is 139 Å². The van der Waals surface area contributed by atoms with Gasteiger partial charge < -0.3 is 15.1 Å². The third-order valence-electron chi connectivity index (χ3n) is 3.37. The van der Waals surface area contributed by atoms with Gasteiger partial charge in [0, 0.05) is 18.5 Å². The van der Waals surface area contributed by atoms with Crippen molar-refractivity contribution >= 4 is 22.9 Å². The zero-order valence-electron chi connectivity index (χ0n) is 13.0. The molecule has 0 saturated carbocycles. The lowest BCUT2D eigenvalue weighted by molar-refractivity contribution is -0.114. The smallest absolute Gasteiger partial charge is 0.250 e. The lowest BCUT2D eigenvalue weighted by atomic mass is 10.1. The van der Waals surface area contributed by atoms with Crippen molar-refractivity contribution in [1.29, 1.82) is 0 Å². The van der Waals surface area contributed by atoms with Crippen LogP contribution in [0.25, 0.3) is 0 Å². The lowest BCUT2D eigenvalue weighted by Crippen LogP contribution is -2.28. The number of nitrogens with zero attached hydrogens (tertiary/aromatic N) is 2. The van der Waals surface area contributed by atoms with Crippen molar-refractivity contribution in [2.24, 2.45) is 0 Å². The number of aliphatic hydroxyl groups excluding tert-OH is 2. The van der Waals surface area contributed by atoms with Crippen molar-refractivity contribution in [3.8, 4) is 0 Å². The Morgan fingerprint density at radius 3 is 2.65 bits per heavy atom. The standard InChI is InChI=1S/C17H20N2O3S/c1-3-17(22)19(11-16-18-10-15(23-16)12(2)21)14-6-4-13(5-7-14)8-9-20/h3-7,10,12,20-21H,1,8-9,11H2,2H3. The summed E-state index contributed by atoms with van der Waals surface area (Å²) in [7, 11) is 0. The number of hydrogen-bond acceptors (Lipinski definition) is 5. The average molecular weight is 332 g/mol. The molecule has 0 aliphatic heterocycles. The molecule has 1 unspecified atom stereocenters. The van der Waals surface area contributed by atoms with E-state index < -0.39 is 6.10 Å². The Bertz CT molecular complexity index is 665. The van der Waals surface area contributed by atoms with E-state index in [-0.39, 0.29) is 12.5 Å². The van der Waals surface area contributed by atoms with Crippen LogP contribution in [-0.4, -0.2) is 27.7 Å². The quantitative estimate of drug-likeness (QED) is 0.764. The Morgan fingerprint density at radius 2 is 2.13 bits per heavy atom. The molecule has 23 heavy (non-hydrogen) atoms. The predicted molar refractivity (Wildman–Crippen MR) is 91.4 cm³/mol. The first-order valence-corrected chi connectivity index (χ1v) is 8.13. The topological polar surface area (TPSA) is 73.7 Å². The van der Waals surface area contributed by atoms with Crippen molar-refractivity contribution in [3.05, 3.63) is 58.6 Å². The number of rotatable bonds is 7. The fourth-order valence-corrected chi connectivity index (χ4v) is 2.95. The molecule has 1 amide bonds. The molecule has 6 heteroatoms. The van der Waals surface area contributed by atoms with Gasteiger partial charge in [-0.25, -0.2) is 4.98 Å². The van der Waals surface area contributed by atoms with E-state index in [9.17, 15) is 9.90 Å². The molecule has 1 aromatic heterocycles. The highest BCUT2D eigenvalue weighted by atomic mass is 32.1. The minimum atomic E-state index is -0.567. The molecule has 0 fully saturated rings. The lowest BCUT2D eigenvalue weighted by Gasteiger charge is -2.20. The van der Waals surface area contributed by atoms with Crippen LogP contribution in [0.15, 0.2) is 43.1 Å². The maximum Gasteiger partial charge on any atom is 0.250 e. The van der Waals surface area contributed by atoms with Crippen molar-refractivity contribution in [2.45, 2.75) is 26.0 Å². The number of aromatic nitrogens is 1. The maximum atomic E-state index is 12.2. The van der Waals surface area contributed by atoms with Crippen molar-refractivity contribution in [1.82, 2.24) is 4.98 Å². The van der Waals surface area contributed by atoms with Crippen molar-refractivity contribution in [3.63, 3.8) is 0 Å². The van der Waals surface area contributed by atoms with Gasteiger partial charge in [-0.3, -0.25) is 4.79 Å². The molecule has 1 aromatic carbocycles. The van der Waals surface area contributed by atoms with Gasteiger partial charge in [0.2, 0.25) is 0 Å². The summed E-state index contributed by atoms with van der Waals surface area (Å²) in [5, 5.41) is 19.3. The van der Waals surface area contributed by atoms with Crippen LogP contribution in [0.2, 0.25) is 0 Å². The Kier molecular flexibility index (Phi) is 6.04. The fraction of sp³-hybridized carbons (Fsp3) is 0.294. The number of amides is 1. The minimum absolute atomic E-state index is 0.0931. The summed E-state index contributed by atoms with van der Waals surface area (Å²) in [6.07, 6.45) is 2.92. The summed E-state index contributed by atoms with van der Waals surface area (Å²) >= 11 is 1.38. The van der Waals surface area contributed by atoms with Crippen LogP contribution in [0.1, 0.15) is 28.5 Å². The van der Waals surface area contributed by atoms with Crippen LogP contribution in [0, 0.1) is 0 Å². The van der Waals surface area contributed by atoms with Gasteiger partial charge in [0.25, 0.3) is 5.91 Å². The van der Waals surface area contributed by atoms with Crippen LogP contribution >= 0.6 is 11.3 Å². The van der Waals surface area contributed by atoms with Gasteiger partial charge in [-0.2, -0.15) is 0 Å². The summed E-state index contributed by atoms with van der Waals surface area (Å²) in [6.45, 7) is 5.65. The van der Waals surface area contributed by atoms with E-state index in [4.69, 9.17) is 5.11 Å². The van der Waals surface area contributed by atoms with E-state index in [0.29, 0.717) is 13.0 Å². The molecule has 0 aliphatic carbocycles. The second-order valence-corrected chi connectivity index (χ2v) is 6.25. The molecule has 122 valence electrons. The first-order chi connectivity index (χ1) is 11.0. The predicted octanol–water partition coefficient (Wildman–Crippen LogP) is 2.45. The second-order valence-electron chi connectivity index (χ2n) is 5.10. The number of carbonyl (C=O) groups excluding carboxylic acids is 1. The fourth-order valence-electron chi connectivity index (χ4n) is 2.10. The van der Waals surface area contributed by atoms with Gasteiger partial charge in [-0.15, -0.1) is 11.3 Å². The Balaban J connectivity index is 2.22. The zero-order valence-corrected chi connectivity index (χ0v) is 13.8. The largest absolute Gasteiger partial charge is 0.396 e. The van der Waals surface area contributed by atoms with Gasteiger partial charge in [0.1, 0.15) is 5.01 Å². The summed E-state index contributed by atoms with van der Waals surface area (Å²) in [5.41, 5.74) is 1.75. The number of anilines is 1. The molecular formula is C17H20N2O3S. The molecule has 0 radical (unpaired) electrons. The minimum Gasteiger partial charge on any atom is -0.396 e. The summed E-state index contributed by atoms with van der Waals surface area (Å²) < 4.78 is 0. The maximum absolute atomic E-state index is 12.2. The molecule has 5 nitrogen and oxygen atoms in total. The number of thiazole rings is 1. The van der Waals surface area contributed by atoms with Crippen LogP contribution in [0.4, 0.5) is 5.69 Å². The zero-order chi connectivity index (χ0) is 16.8. The molecular weight excluding hydrogens is 312 g/mol. The van der Waals surface area contributed by atoms with E-state index in [0.717, 1.165) is 21.1 Å². The SMILES string of the molecule is C=CC(=O)N(Cc1ncc(C(C)O)s1)c1ccc(CCO)cc1. The molecule has 2 N–H and O–H groups in total. The number of benzene rings is 1. The van der Waals surface area contributed by atoms with Crippen LogP contribution in [-0.2, 0) is 17.8 Å². The highest BCUT2D eigenvalue weighted by Crippen LogP contribution is 2.24. The summed E-state index contributed by atoms with van der Waals surface area (Å²) in [6, 6.07) is 7.46. The number of carbonyl (C=O) groups is 1. The molecule has 0 spiro atoms. The van der Waals surface area contributed by atoms with Crippen molar-refractivity contribution in [2.75, 3.05) is 11.5 Å². The average Bonchev–Trinajstić information content (AvgIpc) is 3.02. The third-order valence-corrected chi connectivity index (χ3v) is 4.52. The molecule has 2 aromatic rings.